The Morgan fingerprint density at radius 1 is 1.11 bits per heavy atom. The second-order valence-corrected chi connectivity index (χ2v) is 8.73. The van der Waals surface area contributed by atoms with Crippen molar-refractivity contribution in [3.05, 3.63) is 88.5 Å². The maximum atomic E-state index is 13.5. The van der Waals surface area contributed by atoms with E-state index in [-0.39, 0.29) is 12.2 Å². The fourth-order valence-electron chi connectivity index (χ4n) is 4.74. The lowest BCUT2D eigenvalue weighted by molar-refractivity contribution is 0.0756. The Kier molecular flexibility index (Phi) is 5.34. The summed E-state index contributed by atoms with van der Waals surface area (Å²) in [7, 11) is 1.88. The van der Waals surface area contributed by atoms with Crippen molar-refractivity contribution in [3.63, 3.8) is 0 Å². The van der Waals surface area contributed by atoms with Gasteiger partial charge in [0.25, 0.3) is 11.5 Å². The van der Waals surface area contributed by atoms with E-state index in [9.17, 15) is 14.0 Å². The zero-order valence-electron chi connectivity index (χ0n) is 19.8. The lowest BCUT2D eigenvalue weighted by atomic mass is 10.1. The molecule has 1 aliphatic heterocycles. The van der Waals surface area contributed by atoms with Crippen molar-refractivity contribution in [2.75, 3.05) is 17.7 Å². The molecule has 0 spiro atoms. The predicted molar refractivity (Wildman–Crippen MR) is 136 cm³/mol. The minimum Gasteiger partial charge on any atom is -0.383 e. The van der Waals surface area contributed by atoms with Gasteiger partial charge in [-0.05, 0) is 42.0 Å². The molecule has 0 aliphatic carbocycles. The first-order chi connectivity index (χ1) is 17.9. The molecular weight excluding hydrogens is 477 g/mol. The summed E-state index contributed by atoms with van der Waals surface area (Å²) >= 11 is 0. The van der Waals surface area contributed by atoms with Crippen LogP contribution in [0.25, 0.3) is 27.8 Å². The Morgan fingerprint density at radius 2 is 1.86 bits per heavy atom. The van der Waals surface area contributed by atoms with Crippen molar-refractivity contribution in [1.29, 1.82) is 0 Å². The highest BCUT2D eigenvalue weighted by molar-refractivity contribution is 6.05. The fourth-order valence-corrected chi connectivity index (χ4v) is 4.74. The average molecular weight is 500 g/mol. The predicted octanol–water partition coefficient (Wildman–Crippen LogP) is 3.09. The summed E-state index contributed by atoms with van der Waals surface area (Å²) < 4.78 is 24.0. The number of benzene rings is 2. The van der Waals surface area contributed by atoms with Gasteiger partial charge in [-0.15, -0.1) is 0 Å². The third-order valence-corrected chi connectivity index (χ3v) is 6.47. The van der Waals surface area contributed by atoms with Crippen LogP contribution in [-0.2, 0) is 24.9 Å². The molecule has 0 fully saturated rings. The number of carbonyl (C=O) groups excluding carboxylic acids is 1. The summed E-state index contributed by atoms with van der Waals surface area (Å²) in [4.78, 5) is 35.1. The van der Waals surface area contributed by atoms with Crippen LogP contribution in [0.1, 0.15) is 16.1 Å². The van der Waals surface area contributed by atoms with Gasteiger partial charge in [0, 0.05) is 24.5 Å². The summed E-state index contributed by atoms with van der Waals surface area (Å²) in [5.74, 6) is -0.572. The first kappa shape index (κ1) is 22.7. The van der Waals surface area contributed by atoms with Gasteiger partial charge < -0.3 is 20.4 Å². The smallest absolute Gasteiger partial charge is 0.284 e. The van der Waals surface area contributed by atoms with Crippen LogP contribution in [0.15, 0.2) is 65.8 Å². The second kappa shape index (κ2) is 8.71. The molecule has 11 heteroatoms. The fraction of sp³-hybridized carbons (Fsp3) is 0.154. The van der Waals surface area contributed by atoms with E-state index >= 15 is 0 Å². The van der Waals surface area contributed by atoms with Gasteiger partial charge in [0.2, 0.25) is 0 Å². The van der Waals surface area contributed by atoms with Crippen molar-refractivity contribution >= 4 is 28.4 Å². The Bertz CT molecular complexity index is 1720. The number of fused-ring (bicyclic) bond motifs is 2. The van der Waals surface area contributed by atoms with E-state index in [1.165, 1.54) is 35.3 Å². The molecule has 10 nitrogen and oxygen atoms in total. The van der Waals surface area contributed by atoms with E-state index in [1.807, 2.05) is 29.9 Å². The normalized spacial score (nSPS) is 13.0. The van der Waals surface area contributed by atoms with Gasteiger partial charge in [-0.25, -0.2) is 19.0 Å². The van der Waals surface area contributed by atoms with Gasteiger partial charge in [0.15, 0.2) is 0 Å². The summed E-state index contributed by atoms with van der Waals surface area (Å²) in [6.07, 6.45) is 3.35. The van der Waals surface area contributed by atoms with Crippen LogP contribution in [0, 0.1) is 5.82 Å². The number of ether oxygens (including phenoxy) is 1. The third kappa shape index (κ3) is 3.76. The van der Waals surface area contributed by atoms with Gasteiger partial charge in [0.1, 0.15) is 29.2 Å². The molecule has 0 radical (unpaired) electrons. The number of aromatic nitrogens is 5. The average Bonchev–Trinajstić information content (AvgIpc) is 3.39. The minimum atomic E-state index is -0.546. The molecule has 5 aromatic rings. The zero-order chi connectivity index (χ0) is 25.7. The van der Waals surface area contributed by atoms with Crippen LogP contribution >= 0.6 is 0 Å². The highest BCUT2D eigenvalue weighted by Crippen LogP contribution is 2.32. The third-order valence-electron chi connectivity index (χ3n) is 6.47. The van der Waals surface area contributed by atoms with Gasteiger partial charge in [-0.3, -0.25) is 14.3 Å². The summed E-state index contributed by atoms with van der Waals surface area (Å²) in [5.41, 5.74) is 9.53. The standard InChI is InChI=1S/C26H22FN7O3/c1-32-12-19(21-23(28)29-14-30-24(21)32)15-2-6-17(7-3-15)31-25(35)22-20-13-37-11-10-33(20)34(26(22)36)18-8-4-16(27)5-9-18/h2-9,12,14H,10-11,13H2,1H3,(H,31,35)(H2,28,29,30). The molecule has 0 atom stereocenters. The number of nitrogen functional groups attached to an aromatic ring is 1. The number of rotatable bonds is 4. The van der Waals surface area contributed by atoms with Crippen molar-refractivity contribution in [2.24, 2.45) is 7.05 Å². The molecule has 2 aromatic carbocycles. The quantitative estimate of drug-likeness (QED) is 0.392. The number of nitrogens with one attached hydrogen (secondary N) is 1. The van der Waals surface area contributed by atoms with Gasteiger partial charge in [0.05, 0.1) is 36.5 Å². The second-order valence-electron chi connectivity index (χ2n) is 8.73. The van der Waals surface area contributed by atoms with Crippen LogP contribution in [-0.4, -0.2) is 36.4 Å². The number of aryl methyl sites for hydroxylation is 1. The van der Waals surface area contributed by atoms with Crippen LogP contribution in [0.3, 0.4) is 0 Å². The first-order valence-electron chi connectivity index (χ1n) is 11.6. The molecule has 1 amide bonds. The van der Waals surface area contributed by atoms with Crippen molar-refractivity contribution < 1.29 is 13.9 Å². The molecule has 3 N–H and O–H groups in total. The maximum absolute atomic E-state index is 13.5. The maximum Gasteiger partial charge on any atom is 0.284 e. The SMILES string of the molecule is Cn1cc(-c2ccc(NC(=O)c3c4n(n(-c5ccc(F)cc5)c3=O)CCOC4)cc2)c2c(N)ncnc21. The van der Waals surface area contributed by atoms with Gasteiger partial charge >= 0.3 is 0 Å². The Labute approximate surface area is 209 Å². The number of anilines is 2. The van der Waals surface area contributed by atoms with Crippen LogP contribution in [0.2, 0.25) is 0 Å². The molecule has 6 rings (SSSR count). The number of nitrogens with zero attached hydrogens (tertiary/aromatic N) is 5. The van der Waals surface area contributed by atoms with E-state index in [2.05, 4.69) is 15.3 Å². The minimum absolute atomic E-state index is 0.00734. The van der Waals surface area contributed by atoms with E-state index in [0.717, 1.165) is 22.2 Å². The number of hydrogen-bond donors (Lipinski definition) is 2. The topological polar surface area (TPSA) is 122 Å². The summed E-state index contributed by atoms with van der Waals surface area (Å²) in [6.45, 7) is 0.909. The molecule has 186 valence electrons. The largest absolute Gasteiger partial charge is 0.383 e. The number of hydrogen-bond acceptors (Lipinski definition) is 6. The Hall–Kier alpha value is -4.77. The zero-order valence-corrected chi connectivity index (χ0v) is 19.8. The number of carbonyl (C=O) groups is 1. The molecule has 0 bridgehead atoms. The molecule has 4 heterocycles. The number of nitrogens with two attached hydrogens (primary N) is 1. The molecule has 1 aliphatic rings. The molecular formula is C26H22FN7O3. The van der Waals surface area contributed by atoms with Crippen LogP contribution in [0.5, 0.6) is 0 Å². The Balaban J connectivity index is 1.33. The molecule has 0 saturated carbocycles. The first-order valence-corrected chi connectivity index (χ1v) is 11.6. The molecule has 0 saturated heterocycles. The summed E-state index contributed by atoms with van der Waals surface area (Å²) in [5, 5.41) is 3.57. The van der Waals surface area contributed by atoms with Gasteiger partial charge in [-0.1, -0.05) is 12.1 Å². The lowest BCUT2D eigenvalue weighted by Gasteiger charge is -2.19. The molecule has 3 aromatic heterocycles. The molecule has 37 heavy (non-hydrogen) atoms. The van der Waals surface area contributed by atoms with Gasteiger partial charge in [-0.2, -0.15) is 0 Å². The van der Waals surface area contributed by atoms with Crippen molar-refractivity contribution in [3.8, 4) is 16.8 Å². The highest BCUT2D eigenvalue weighted by atomic mass is 19.1. The number of amides is 1. The summed E-state index contributed by atoms with van der Waals surface area (Å²) in [6, 6.07) is 12.8. The van der Waals surface area contributed by atoms with E-state index in [4.69, 9.17) is 10.5 Å². The van der Waals surface area contributed by atoms with E-state index in [1.54, 1.807) is 16.8 Å². The monoisotopic (exact) mass is 499 g/mol. The van der Waals surface area contributed by atoms with Crippen LogP contribution < -0.4 is 16.6 Å². The van der Waals surface area contributed by atoms with Crippen molar-refractivity contribution in [2.45, 2.75) is 13.2 Å². The highest BCUT2D eigenvalue weighted by Gasteiger charge is 2.28. The van der Waals surface area contributed by atoms with Crippen LogP contribution in [0.4, 0.5) is 15.9 Å². The number of halogens is 1. The Morgan fingerprint density at radius 3 is 2.62 bits per heavy atom. The lowest BCUT2D eigenvalue weighted by Crippen LogP contribution is -2.26. The van der Waals surface area contributed by atoms with E-state index < -0.39 is 17.3 Å². The van der Waals surface area contributed by atoms with Crippen molar-refractivity contribution in [1.82, 2.24) is 23.9 Å². The van der Waals surface area contributed by atoms with E-state index in [0.29, 0.717) is 36.0 Å². The molecule has 0 unspecified atom stereocenters.